The van der Waals surface area contributed by atoms with Crippen LogP contribution in [0.1, 0.15) is 10.4 Å². The summed E-state index contributed by atoms with van der Waals surface area (Å²) in [5, 5.41) is 12.7. The number of benzene rings is 1. The SMILES string of the molecule is O=C(Nc1ncccc1O)c1cc(=O)[nH]c2ccccc12. The maximum atomic E-state index is 12.3. The highest BCUT2D eigenvalue weighted by molar-refractivity contribution is 6.12. The molecule has 2 aromatic heterocycles. The van der Waals surface area contributed by atoms with Gasteiger partial charge in [0, 0.05) is 23.2 Å². The predicted octanol–water partition coefficient (Wildman–Crippen LogP) is 1.88. The van der Waals surface area contributed by atoms with Gasteiger partial charge in [-0.05, 0) is 18.2 Å². The van der Waals surface area contributed by atoms with E-state index in [1.807, 2.05) is 0 Å². The Hall–Kier alpha value is -3.15. The van der Waals surface area contributed by atoms with E-state index in [2.05, 4.69) is 15.3 Å². The number of aromatic hydroxyl groups is 1. The largest absolute Gasteiger partial charge is 0.504 e. The molecule has 0 aliphatic rings. The van der Waals surface area contributed by atoms with Crippen molar-refractivity contribution in [2.75, 3.05) is 5.32 Å². The van der Waals surface area contributed by atoms with Crippen molar-refractivity contribution in [3.63, 3.8) is 0 Å². The van der Waals surface area contributed by atoms with E-state index in [4.69, 9.17) is 0 Å². The van der Waals surface area contributed by atoms with Gasteiger partial charge in [0.1, 0.15) is 0 Å². The van der Waals surface area contributed by atoms with Crippen molar-refractivity contribution in [2.45, 2.75) is 0 Å². The Kier molecular flexibility index (Phi) is 3.12. The molecule has 0 saturated heterocycles. The molecule has 0 aliphatic carbocycles. The van der Waals surface area contributed by atoms with E-state index in [9.17, 15) is 14.7 Å². The van der Waals surface area contributed by atoms with Crippen LogP contribution in [0.25, 0.3) is 10.9 Å². The molecule has 3 N–H and O–H groups in total. The lowest BCUT2D eigenvalue weighted by Crippen LogP contribution is -2.17. The molecule has 3 aromatic rings. The first-order chi connectivity index (χ1) is 10.1. The molecule has 104 valence electrons. The molecule has 0 saturated carbocycles. The van der Waals surface area contributed by atoms with Gasteiger partial charge in [0.25, 0.3) is 5.91 Å². The summed E-state index contributed by atoms with van der Waals surface area (Å²) >= 11 is 0. The summed E-state index contributed by atoms with van der Waals surface area (Å²) in [5.41, 5.74) is 0.420. The van der Waals surface area contributed by atoms with Gasteiger partial charge in [0.2, 0.25) is 5.56 Å². The van der Waals surface area contributed by atoms with Gasteiger partial charge in [-0.3, -0.25) is 9.59 Å². The molecule has 3 rings (SSSR count). The summed E-state index contributed by atoms with van der Waals surface area (Å²) in [6.45, 7) is 0. The van der Waals surface area contributed by atoms with Crippen molar-refractivity contribution in [1.82, 2.24) is 9.97 Å². The number of hydrogen-bond donors (Lipinski definition) is 3. The minimum absolute atomic E-state index is 0.0480. The first kappa shape index (κ1) is 12.9. The highest BCUT2D eigenvalue weighted by atomic mass is 16.3. The summed E-state index contributed by atoms with van der Waals surface area (Å²) in [7, 11) is 0. The van der Waals surface area contributed by atoms with Crippen LogP contribution in [-0.2, 0) is 0 Å². The smallest absolute Gasteiger partial charge is 0.257 e. The fraction of sp³-hybridized carbons (Fsp3) is 0. The Labute approximate surface area is 119 Å². The lowest BCUT2D eigenvalue weighted by atomic mass is 10.1. The molecule has 21 heavy (non-hydrogen) atoms. The summed E-state index contributed by atoms with van der Waals surface area (Å²) in [5.74, 6) is -0.599. The number of nitrogens with one attached hydrogen (secondary N) is 2. The second-order valence-corrected chi connectivity index (χ2v) is 4.42. The molecule has 2 heterocycles. The Morgan fingerprint density at radius 3 is 2.81 bits per heavy atom. The average Bonchev–Trinajstić information content (AvgIpc) is 2.48. The minimum atomic E-state index is -0.508. The monoisotopic (exact) mass is 281 g/mol. The Bertz CT molecular complexity index is 886. The van der Waals surface area contributed by atoms with E-state index >= 15 is 0 Å². The molecule has 0 aliphatic heterocycles. The van der Waals surface area contributed by atoms with Gasteiger partial charge in [-0.1, -0.05) is 18.2 Å². The number of anilines is 1. The Balaban J connectivity index is 2.06. The number of aromatic amines is 1. The summed E-state index contributed by atoms with van der Waals surface area (Å²) < 4.78 is 0. The standard InChI is InChI=1S/C15H11N3O3/c19-12-6-3-7-16-14(12)18-15(21)10-8-13(20)17-11-5-2-1-4-9(10)11/h1-8,19H,(H,17,20)(H,16,18,21). The summed E-state index contributed by atoms with van der Waals surface area (Å²) in [6.07, 6.45) is 1.45. The number of carbonyl (C=O) groups excluding carboxylic acids is 1. The average molecular weight is 281 g/mol. The van der Waals surface area contributed by atoms with Crippen LogP contribution < -0.4 is 10.9 Å². The van der Waals surface area contributed by atoms with Crippen molar-refractivity contribution in [1.29, 1.82) is 0 Å². The number of fused-ring (bicyclic) bond motifs is 1. The molecule has 6 heteroatoms. The van der Waals surface area contributed by atoms with Gasteiger partial charge in [-0.2, -0.15) is 0 Å². The number of rotatable bonds is 2. The highest BCUT2D eigenvalue weighted by Gasteiger charge is 2.13. The normalized spacial score (nSPS) is 10.5. The van der Waals surface area contributed by atoms with E-state index in [1.54, 1.807) is 30.3 Å². The van der Waals surface area contributed by atoms with Crippen molar-refractivity contribution in [2.24, 2.45) is 0 Å². The third-order valence-corrected chi connectivity index (χ3v) is 3.01. The third kappa shape index (κ3) is 2.46. The van der Waals surface area contributed by atoms with Crippen LogP contribution in [0.3, 0.4) is 0 Å². The van der Waals surface area contributed by atoms with Crippen molar-refractivity contribution >= 4 is 22.6 Å². The third-order valence-electron chi connectivity index (χ3n) is 3.01. The van der Waals surface area contributed by atoms with Crippen LogP contribution >= 0.6 is 0 Å². The highest BCUT2D eigenvalue weighted by Crippen LogP contribution is 2.21. The van der Waals surface area contributed by atoms with Gasteiger partial charge in [-0.15, -0.1) is 0 Å². The molecular weight excluding hydrogens is 270 g/mol. The molecule has 0 radical (unpaired) electrons. The van der Waals surface area contributed by atoms with Crippen LogP contribution in [0.4, 0.5) is 5.82 Å². The van der Waals surface area contributed by atoms with Gasteiger partial charge < -0.3 is 15.4 Å². The number of para-hydroxylation sites is 1. The number of nitrogens with zero attached hydrogens (tertiary/aromatic N) is 1. The molecule has 6 nitrogen and oxygen atoms in total. The van der Waals surface area contributed by atoms with Gasteiger partial charge >= 0.3 is 0 Å². The molecule has 1 aromatic carbocycles. The van der Waals surface area contributed by atoms with E-state index in [0.29, 0.717) is 10.9 Å². The summed E-state index contributed by atoms with van der Waals surface area (Å²) in [6, 6.07) is 11.2. The molecule has 0 unspecified atom stereocenters. The Morgan fingerprint density at radius 2 is 2.00 bits per heavy atom. The number of pyridine rings is 2. The molecule has 0 spiro atoms. The second kappa shape index (κ2) is 5.09. The van der Waals surface area contributed by atoms with Crippen molar-refractivity contribution < 1.29 is 9.90 Å². The second-order valence-electron chi connectivity index (χ2n) is 4.42. The van der Waals surface area contributed by atoms with Gasteiger partial charge in [0.05, 0.1) is 5.56 Å². The van der Waals surface area contributed by atoms with E-state index in [0.717, 1.165) is 0 Å². The number of aromatic nitrogens is 2. The first-order valence-corrected chi connectivity index (χ1v) is 6.22. The summed E-state index contributed by atoms with van der Waals surface area (Å²) in [4.78, 5) is 30.5. The molecular formula is C15H11N3O3. The van der Waals surface area contributed by atoms with Crippen LogP contribution in [-0.4, -0.2) is 21.0 Å². The fourth-order valence-corrected chi connectivity index (χ4v) is 2.06. The lowest BCUT2D eigenvalue weighted by Gasteiger charge is -2.08. The maximum Gasteiger partial charge on any atom is 0.257 e. The zero-order chi connectivity index (χ0) is 14.8. The van der Waals surface area contributed by atoms with E-state index < -0.39 is 5.91 Å². The quantitative estimate of drug-likeness (QED) is 0.668. The van der Waals surface area contributed by atoms with Gasteiger partial charge in [-0.25, -0.2) is 4.98 Å². The topological polar surface area (TPSA) is 95.1 Å². The number of H-pyrrole nitrogens is 1. The molecule has 0 fully saturated rings. The van der Waals surface area contributed by atoms with E-state index in [1.165, 1.54) is 18.3 Å². The first-order valence-electron chi connectivity index (χ1n) is 6.22. The van der Waals surface area contributed by atoms with Crippen molar-refractivity contribution in [3.05, 3.63) is 64.6 Å². The van der Waals surface area contributed by atoms with E-state index in [-0.39, 0.29) is 22.7 Å². The lowest BCUT2D eigenvalue weighted by molar-refractivity contribution is 0.102. The zero-order valence-electron chi connectivity index (χ0n) is 10.8. The van der Waals surface area contributed by atoms with Crippen LogP contribution in [0.5, 0.6) is 5.75 Å². The minimum Gasteiger partial charge on any atom is -0.504 e. The number of hydrogen-bond acceptors (Lipinski definition) is 4. The number of carbonyl (C=O) groups is 1. The van der Waals surface area contributed by atoms with Crippen LogP contribution in [0.2, 0.25) is 0 Å². The van der Waals surface area contributed by atoms with Crippen LogP contribution in [0, 0.1) is 0 Å². The van der Waals surface area contributed by atoms with Crippen molar-refractivity contribution in [3.8, 4) is 5.75 Å². The molecule has 1 amide bonds. The molecule has 0 atom stereocenters. The fourth-order valence-electron chi connectivity index (χ4n) is 2.06. The van der Waals surface area contributed by atoms with Gasteiger partial charge in [0.15, 0.2) is 11.6 Å². The maximum absolute atomic E-state index is 12.3. The predicted molar refractivity (Wildman–Crippen MR) is 78.4 cm³/mol. The number of amides is 1. The van der Waals surface area contributed by atoms with Crippen LogP contribution in [0.15, 0.2) is 53.5 Å². The zero-order valence-corrected chi connectivity index (χ0v) is 10.8. The Morgan fingerprint density at radius 1 is 1.19 bits per heavy atom. The molecule has 0 bridgehead atoms.